The van der Waals surface area contributed by atoms with Crippen molar-refractivity contribution in [3.63, 3.8) is 0 Å². The number of ether oxygens (including phenoxy) is 1. The molecule has 0 aliphatic carbocycles. The van der Waals surface area contributed by atoms with Crippen LogP contribution in [0.1, 0.15) is 26.7 Å². The molecule has 0 radical (unpaired) electrons. The lowest BCUT2D eigenvalue weighted by Gasteiger charge is -2.14. The molecule has 0 saturated carbocycles. The van der Waals surface area contributed by atoms with Gasteiger partial charge in [-0.15, -0.1) is 0 Å². The highest BCUT2D eigenvalue weighted by Gasteiger charge is 2.17. The summed E-state index contributed by atoms with van der Waals surface area (Å²) in [5.41, 5.74) is 5.88. The van der Waals surface area contributed by atoms with Gasteiger partial charge < -0.3 is 10.5 Å². The van der Waals surface area contributed by atoms with Gasteiger partial charge in [0.15, 0.2) is 0 Å². The normalized spacial score (nSPS) is 12.7. The molecule has 2 N–H and O–H groups in total. The second-order valence-electron chi connectivity index (χ2n) is 5.06. The van der Waals surface area contributed by atoms with E-state index in [9.17, 15) is 4.21 Å². The number of benzene rings is 1. The van der Waals surface area contributed by atoms with Crippen LogP contribution in [-0.2, 0) is 10.8 Å². The average molecular weight is 280 g/mol. The number of nitriles is 1. The average Bonchev–Trinajstić information content (AvgIpc) is 2.38. The zero-order chi connectivity index (χ0) is 14.5. The molecule has 0 amide bonds. The van der Waals surface area contributed by atoms with Crippen molar-refractivity contribution in [2.45, 2.75) is 31.6 Å². The third kappa shape index (κ3) is 4.56. The number of rotatable bonds is 6. The van der Waals surface area contributed by atoms with Crippen LogP contribution in [0.2, 0.25) is 0 Å². The van der Waals surface area contributed by atoms with E-state index in [0.717, 1.165) is 12.8 Å². The standard InChI is InChI=1S/C14H20N2O2S/c1-14(2,10-15)7-4-8-19(17)13-6-5-11(16)9-12(13)18-3/h5-6,9H,4,7-8,16H2,1-3H3. The molecule has 104 valence electrons. The van der Waals surface area contributed by atoms with E-state index >= 15 is 0 Å². The monoisotopic (exact) mass is 280 g/mol. The van der Waals surface area contributed by atoms with Crippen molar-refractivity contribution in [3.8, 4) is 11.8 Å². The Kier molecular flexibility index (Phi) is 5.37. The molecule has 0 saturated heterocycles. The minimum absolute atomic E-state index is 0.366. The third-order valence-corrected chi connectivity index (χ3v) is 4.35. The van der Waals surface area contributed by atoms with Crippen LogP contribution in [0.3, 0.4) is 0 Å². The predicted octanol–water partition coefficient (Wildman–Crippen LogP) is 2.71. The molecule has 4 nitrogen and oxygen atoms in total. The summed E-state index contributed by atoms with van der Waals surface area (Å²) in [6.07, 6.45) is 1.47. The van der Waals surface area contributed by atoms with E-state index in [-0.39, 0.29) is 5.41 Å². The number of hydrogen-bond acceptors (Lipinski definition) is 4. The van der Waals surface area contributed by atoms with E-state index in [1.165, 1.54) is 7.11 Å². The van der Waals surface area contributed by atoms with Gasteiger partial charge in [-0.05, 0) is 38.8 Å². The van der Waals surface area contributed by atoms with Crippen LogP contribution in [0.15, 0.2) is 23.1 Å². The van der Waals surface area contributed by atoms with E-state index in [2.05, 4.69) is 6.07 Å². The molecule has 0 aliphatic rings. The zero-order valence-corrected chi connectivity index (χ0v) is 12.4. The molecule has 1 atom stereocenters. The second kappa shape index (κ2) is 6.58. The summed E-state index contributed by atoms with van der Waals surface area (Å²) < 4.78 is 17.4. The van der Waals surface area contributed by atoms with Crippen molar-refractivity contribution in [1.29, 1.82) is 5.26 Å². The number of nitrogens with zero attached hydrogens (tertiary/aromatic N) is 1. The van der Waals surface area contributed by atoms with Gasteiger partial charge in [0.25, 0.3) is 0 Å². The fourth-order valence-corrected chi connectivity index (χ4v) is 2.90. The quantitative estimate of drug-likeness (QED) is 0.813. The maximum atomic E-state index is 12.2. The Labute approximate surface area is 117 Å². The molecule has 19 heavy (non-hydrogen) atoms. The molecule has 0 aliphatic heterocycles. The van der Waals surface area contributed by atoms with Crippen molar-refractivity contribution < 1.29 is 8.95 Å². The van der Waals surface area contributed by atoms with E-state index < -0.39 is 10.8 Å². The van der Waals surface area contributed by atoms with Gasteiger partial charge in [0.2, 0.25) is 0 Å². The highest BCUT2D eigenvalue weighted by Crippen LogP contribution is 2.26. The third-order valence-electron chi connectivity index (χ3n) is 2.87. The summed E-state index contributed by atoms with van der Waals surface area (Å²) in [4.78, 5) is 0.659. The number of methoxy groups -OCH3 is 1. The van der Waals surface area contributed by atoms with E-state index in [4.69, 9.17) is 15.7 Å². The number of hydrogen-bond donors (Lipinski definition) is 1. The summed E-state index contributed by atoms with van der Waals surface area (Å²) in [6, 6.07) is 7.37. The molecule has 5 heteroatoms. The van der Waals surface area contributed by atoms with E-state index in [1.807, 2.05) is 13.8 Å². The fourth-order valence-electron chi connectivity index (χ4n) is 1.68. The van der Waals surface area contributed by atoms with Crippen LogP contribution in [0.5, 0.6) is 5.75 Å². The summed E-state index contributed by atoms with van der Waals surface area (Å²) in [5, 5.41) is 8.93. The number of nitrogens with two attached hydrogens (primary N) is 1. The Hall–Kier alpha value is -1.54. The Morgan fingerprint density at radius 2 is 2.16 bits per heavy atom. The maximum absolute atomic E-state index is 12.2. The Morgan fingerprint density at radius 1 is 1.47 bits per heavy atom. The minimum Gasteiger partial charge on any atom is -0.495 e. The highest BCUT2D eigenvalue weighted by molar-refractivity contribution is 7.85. The molecule has 0 aromatic heterocycles. The van der Waals surface area contributed by atoms with Gasteiger partial charge in [0.05, 0.1) is 34.3 Å². The van der Waals surface area contributed by atoms with Gasteiger partial charge in [-0.25, -0.2) is 0 Å². The second-order valence-corrected chi connectivity index (χ2v) is 6.60. The first-order valence-electron chi connectivity index (χ1n) is 6.13. The first-order chi connectivity index (χ1) is 8.89. The van der Waals surface area contributed by atoms with Gasteiger partial charge in [0, 0.05) is 17.5 Å². The largest absolute Gasteiger partial charge is 0.495 e. The Balaban J connectivity index is 2.67. The van der Waals surface area contributed by atoms with Crippen molar-refractivity contribution >= 4 is 16.5 Å². The highest BCUT2D eigenvalue weighted by atomic mass is 32.2. The van der Waals surface area contributed by atoms with Gasteiger partial charge in [-0.3, -0.25) is 4.21 Å². The zero-order valence-electron chi connectivity index (χ0n) is 11.6. The van der Waals surface area contributed by atoms with Crippen molar-refractivity contribution in [2.24, 2.45) is 5.41 Å². The summed E-state index contributed by atoms with van der Waals surface area (Å²) >= 11 is 0. The van der Waals surface area contributed by atoms with E-state index in [0.29, 0.717) is 22.1 Å². The molecule has 1 aromatic carbocycles. The molecular weight excluding hydrogens is 260 g/mol. The SMILES string of the molecule is COc1cc(N)ccc1S(=O)CCCC(C)(C)C#N. The van der Waals surface area contributed by atoms with Crippen LogP contribution in [0.4, 0.5) is 5.69 Å². The fraction of sp³-hybridized carbons (Fsp3) is 0.500. The lowest BCUT2D eigenvalue weighted by Crippen LogP contribution is -2.10. The molecule has 1 rings (SSSR count). The van der Waals surface area contributed by atoms with Gasteiger partial charge in [-0.2, -0.15) is 5.26 Å². The van der Waals surface area contributed by atoms with Crippen LogP contribution in [0, 0.1) is 16.7 Å². The van der Waals surface area contributed by atoms with Crippen LogP contribution in [-0.4, -0.2) is 17.1 Å². The summed E-state index contributed by atoms with van der Waals surface area (Å²) in [7, 11) is 0.406. The summed E-state index contributed by atoms with van der Waals surface area (Å²) in [6.45, 7) is 3.78. The van der Waals surface area contributed by atoms with Crippen molar-refractivity contribution in [2.75, 3.05) is 18.6 Å². The number of anilines is 1. The molecule has 1 unspecified atom stereocenters. The summed E-state index contributed by atoms with van der Waals surface area (Å²) in [5.74, 6) is 1.07. The molecule has 0 heterocycles. The lowest BCUT2D eigenvalue weighted by atomic mass is 9.90. The molecule has 0 spiro atoms. The van der Waals surface area contributed by atoms with Crippen LogP contribution >= 0.6 is 0 Å². The number of nitrogen functional groups attached to an aromatic ring is 1. The Bertz CT molecular complexity index is 507. The van der Waals surface area contributed by atoms with Gasteiger partial charge >= 0.3 is 0 Å². The first kappa shape index (κ1) is 15.5. The lowest BCUT2D eigenvalue weighted by molar-refractivity contribution is 0.404. The van der Waals surface area contributed by atoms with Crippen LogP contribution < -0.4 is 10.5 Å². The smallest absolute Gasteiger partial charge is 0.137 e. The molecule has 0 bridgehead atoms. The van der Waals surface area contributed by atoms with E-state index in [1.54, 1.807) is 18.2 Å². The molecular formula is C14H20N2O2S. The van der Waals surface area contributed by atoms with Crippen molar-refractivity contribution in [1.82, 2.24) is 0 Å². The minimum atomic E-state index is -1.13. The Morgan fingerprint density at radius 3 is 2.74 bits per heavy atom. The predicted molar refractivity (Wildman–Crippen MR) is 77.3 cm³/mol. The molecule has 1 aromatic rings. The molecule has 0 fully saturated rings. The topological polar surface area (TPSA) is 76.1 Å². The van der Waals surface area contributed by atoms with Gasteiger partial charge in [0.1, 0.15) is 5.75 Å². The van der Waals surface area contributed by atoms with Crippen LogP contribution in [0.25, 0.3) is 0 Å². The first-order valence-corrected chi connectivity index (χ1v) is 7.44. The van der Waals surface area contributed by atoms with Gasteiger partial charge in [-0.1, -0.05) is 0 Å². The van der Waals surface area contributed by atoms with Crippen molar-refractivity contribution in [3.05, 3.63) is 18.2 Å². The maximum Gasteiger partial charge on any atom is 0.137 e.